The highest BCUT2D eigenvalue weighted by atomic mass is 35.5. The second kappa shape index (κ2) is 14.1. The first kappa shape index (κ1) is 36.2. The van der Waals surface area contributed by atoms with Gasteiger partial charge >= 0.3 is 0 Å². The van der Waals surface area contributed by atoms with E-state index in [9.17, 15) is 19.2 Å². The van der Waals surface area contributed by atoms with Crippen molar-refractivity contribution in [3.05, 3.63) is 63.8 Å². The van der Waals surface area contributed by atoms with Gasteiger partial charge in [-0.1, -0.05) is 18.5 Å². The van der Waals surface area contributed by atoms with Crippen LogP contribution in [0.2, 0.25) is 5.02 Å². The number of hydrogen-bond acceptors (Lipinski definition) is 12. The van der Waals surface area contributed by atoms with Crippen molar-refractivity contribution < 1.29 is 19.1 Å². The number of benzene rings is 1. The van der Waals surface area contributed by atoms with Crippen LogP contribution >= 0.6 is 11.6 Å². The summed E-state index contributed by atoms with van der Waals surface area (Å²) in [6, 6.07) is 9.87. The van der Waals surface area contributed by atoms with Crippen LogP contribution in [0.3, 0.4) is 0 Å². The minimum absolute atomic E-state index is 0.0408. The normalized spacial score (nSPS) is 20.7. The number of imide groups is 1. The Morgan fingerprint density at radius 3 is 2.65 bits per heavy atom. The van der Waals surface area contributed by atoms with Gasteiger partial charge in [-0.25, -0.2) is 9.97 Å². The Balaban J connectivity index is 0.906. The van der Waals surface area contributed by atoms with Gasteiger partial charge < -0.3 is 25.6 Å². The average Bonchev–Trinajstić information content (AvgIpc) is 3.47. The van der Waals surface area contributed by atoms with Gasteiger partial charge in [-0.3, -0.25) is 33.7 Å². The monoisotopic (exact) mass is 767 g/mol. The van der Waals surface area contributed by atoms with Crippen molar-refractivity contribution in [3.63, 3.8) is 0 Å². The van der Waals surface area contributed by atoms with Crippen molar-refractivity contribution in [1.82, 2.24) is 39.9 Å². The van der Waals surface area contributed by atoms with Gasteiger partial charge in [-0.15, -0.1) is 0 Å². The van der Waals surface area contributed by atoms with Crippen LogP contribution in [-0.2, 0) is 28.5 Å². The van der Waals surface area contributed by atoms with Crippen molar-refractivity contribution in [3.8, 4) is 5.75 Å². The van der Waals surface area contributed by atoms with Gasteiger partial charge in [0.05, 0.1) is 35.2 Å². The molecule has 1 aromatic carbocycles. The quantitative estimate of drug-likeness (QED) is 0.159. The molecule has 6 heterocycles. The van der Waals surface area contributed by atoms with E-state index in [-0.39, 0.29) is 35.5 Å². The molecule has 4 aromatic heterocycles. The fraction of sp³-hybridized carbons (Fsp3) is 0.421. The Hall–Kier alpha value is -5.77. The van der Waals surface area contributed by atoms with E-state index in [1.165, 1.54) is 11.6 Å². The summed E-state index contributed by atoms with van der Waals surface area (Å²) in [6.07, 6.45) is 7.13. The fourth-order valence-electron chi connectivity index (χ4n) is 8.33. The Morgan fingerprint density at radius 1 is 1.07 bits per heavy atom. The van der Waals surface area contributed by atoms with Crippen LogP contribution < -0.4 is 36.5 Å². The molecule has 55 heavy (non-hydrogen) atoms. The van der Waals surface area contributed by atoms with E-state index >= 15 is 0 Å². The number of pyridine rings is 2. The lowest BCUT2D eigenvalue weighted by molar-refractivity contribution is -0.134. The first-order valence-electron chi connectivity index (χ1n) is 18.3. The number of carbonyl (C=O) groups excluding carboxylic acids is 3. The van der Waals surface area contributed by atoms with Crippen LogP contribution in [0.15, 0.2) is 47.5 Å². The van der Waals surface area contributed by atoms with Gasteiger partial charge in [-0.2, -0.15) is 10.1 Å². The summed E-state index contributed by atoms with van der Waals surface area (Å²) in [6.45, 7) is 3.72. The van der Waals surface area contributed by atoms with Gasteiger partial charge in [-0.05, 0) is 61.9 Å². The smallest absolute Gasteiger partial charge is 0.294 e. The Morgan fingerprint density at radius 2 is 1.89 bits per heavy atom. The third-order valence-electron chi connectivity index (χ3n) is 11.2. The minimum Gasteiger partial charge on any atom is -0.478 e. The molecule has 3 fully saturated rings. The van der Waals surface area contributed by atoms with E-state index in [0.717, 1.165) is 48.9 Å². The maximum absolute atomic E-state index is 12.8. The molecule has 2 saturated heterocycles. The van der Waals surface area contributed by atoms with Crippen molar-refractivity contribution >= 4 is 74.4 Å². The van der Waals surface area contributed by atoms with Crippen LogP contribution in [0.1, 0.15) is 50.6 Å². The SMILES string of the molecule is CNC(=O)COc1cc2cc(Nc3nc(N4CC5(CC[C@@H](Nc6ccc7c(C8CCC(=O)NC8=O)nn(C)c7c6)[C@@H](C)C5)C4)ncc3Cl)cnc2n(C)c1=O. The van der Waals surface area contributed by atoms with E-state index in [1.807, 2.05) is 23.9 Å². The number of nitrogens with one attached hydrogen (secondary N) is 4. The number of halogens is 1. The van der Waals surface area contributed by atoms with E-state index in [1.54, 1.807) is 25.5 Å². The summed E-state index contributed by atoms with van der Waals surface area (Å²) in [5.74, 6) is 0.195. The van der Waals surface area contributed by atoms with Crippen molar-refractivity contribution in [2.45, 2.75) is 51.0 Å². The summed E-state index contributed by atoms with van der Waals surface area (Å²) in [5.41, 5.74) is 3.51. The number of carbonyl (C=O) groups is 3. The van der Waals surface area contributed by atoms with E-state index < -0.39 is 11.5 Å². The molecule has 8 rings (SSSR count). The summed E-state index contributed by atoms with van der Waals surface area (Å²) < 4.78 is 8.67. The number of rotatable bonds is 9. The molecule has 3 aliphatic rings. The number of piperidine rings is 1. The molecule has 3 amide bonds. The number of aromatic nitrogens is 6. The highest BCUT2D eigenvalue weighted by molar-refractivity contribution is 6.33. The predicted molar refractivity (Wildman–Crippen MR) is 208 cm³/mol. The number of nitrogens with zero attached hydrogens (tertiary/aromatic N) is 7. The second-order valence-electron chi connectivity index (χ2n) is 15.0. The molecule has 1 saturated carbocycles. The maximum Gasteiger partial charge on any atom is 0.294 e. The highest BCUT2D eigenvalue weighted by Gasteiger charge is 2.48. The molecule has 286 valence electrons. The molecule has 1 aliphatic carbocycles. The Bertz CT molecular complexity index is 2420. The van der Waals surface area contributed by atoms with Crippen LogP contribution in [0.25, 0.3) is 21.9 Å². The van der Waals surface area contributed by atoms with Gasteiger partial charge in [0.15, 0.2) is 18.2 Å². The lowest BCUT2D eigenvalue weighted by Crippen LogP contribution is -2.60. The van der Waals surface area contributed by atoms with E-state index in [4.69, 9.17) is 21.3 Å². The minimum atomic E-state index is -0.433. The molecule has 17 heteroatoms. The van der Waals surface area contributed by atoms with Crippen LogP contribution in [0.5, 0.6) is 5.75 Å². The molecule has 1 spiro atoms. The summed E-state index contributed by atoms with van der Waals surface area (Å²) >= 11 is 6.55. The number of likely N-dealkylation sites (N-methyl/N-ethyl adjacent to an activating group) is 1. The summed E-state index contributed by atoms with van der Waals surface area (Å²) in [7, 11) is 4.98. The Kier molecular flexibility index (Phi) is 9.31. The third kappa shape index (κ3) is 6.90. The van der Waals surface area contributed by atoms with Gasteiger partial charge in [0, 0.05) is 68.6 Å². The Labute approximate surface area is 321 Å². The molecule has 2 aliphatic heterocycles. The van der Waals surface area contributed by atoms with Gasteiger partial charge in [0.2, 0.25) is 17.8 Å². The van der Waals surface area contributed by atoms with Crippen molar-refractivity contribution in [2.75, 3.05) is 42.3 Å². The summed E-state index contributed by atoms with van der Waals surface area (Å²) in [5, 5.41) is 18.6. The lowest BCUT2D eigenvalue weighted by atomic mass is 9.64. The van der Waals surface area contributed by atoms with Crippen molar-refractivity contribution in [1.29, 1.82) is 0 Å². The zero-order valence-electron chi connectivity index (χ0n) is 31.0. The van der Waals surface area contributed by atoms with Crippen LogP contribution in [0.4, 0.5) is 23.1 Å². The fourth-order valence-corrected chi connectivity index (χ4v) is 8.47. The van der Waals surface area contributed by atoms with Crippen LogP contribution in [0, 0.1) is 11.3 Å². The molecular weight excluding hydrogens is 726 g/mol. The standard InChI is InChI=1S/C38H42ClN11O5/c1-20-14-38(10-9-27(20)43-22-5-6-24-28(13-22)49(4)47-32(24)25-7-8-30(51)45-35(25)53)18-50(19-38)37-42-16-26(39)33(46-37)44-23-11-21-12-29(55-17-31(52)40-2)36(54)48(3)34(21)41-15-23/h5-6,11-13,15-16,20,25,27,43H,7-10,14,17-19H2,1-4H3,(H,40,52)(H,42,44,46)(H,45,51,53)/t20-,25?,27+/m0/s1. The number of fused-ring (bicyclic) bond motifs is 2. The average molecular weight is 768 g/mol. The van der Waals surface area contributed by atoms with E-state index in [0.29, 0.717) is 64.0 Å². The molecule has 1 unspecified atom stereocenters. The zero-order chi connectivity index (χ0) is 38.6. The number of anilines is 4. The van der Waals surface area contributed by atoms with E-state index in [2.05, 4.69) is 60.3 Å². The second-order valence-corrected chi connectivity index (χ2v) is 15.4. The molecule has 0 bridgehead atoms. The largest absolute Gasteiger partial charge is 0.478 e. The molecule has 4 N–H and O–H groups in total. The summed E-state index contributed by atoms with van der Waals surface area (Å²) in [4.78, 5) is 64.7. The molecule has 0 radical (unpaired) electrons. The topological polar surface area (TPSA) is 190 Å². The van der Waals surface area contributed by atoms with Crippen molar-refractivity contribution in [2.24, 2.45) is 25.4 Å². The number of ether oxygens (including phenoxy) is 1. The molecule has 16 nitrogen and oxygen atoms in total. The first-order chi connectivity index (χ1) is 26.4. The predicted octanol–water partition coefficient (Wildman–Crippen LogP) is 3.76. The number of hydrogen-bond donors (Lipinski definition) is 4. The van der Waals surface area contributed by atoms with Gasteiger partial charge in [0.1, 0.15) is 10.7 Å². The molecule has 3 atom stereocenters. The molecule has 5 aromatic rings. The first-order valence-corrected chi connectivity index (χ1v) is 18.7. The maximum atomic E-state index is 12.8. The number of aryl methyl sites for hydroxylation is 2. The highest BCUT2D eigenvalue weighted by Crippen LogP contribution is 2.48. The number of amides is 3. The molecular formula is C38H42ClN11O5. The van der Waals surface area contributed by atoms with Gasteiger partial charge in [0.25, 0.3) is 11.5 Å². The lowest BCUT2D eigenvalue weighted by Gasteiger charge is -2.55. The van der Waals surface area contributed by atoms with Crippen LogP contribution in [-0.4, -0.2) is 79.8 Å². The zero-order valence-corrected chi connectivity index (χ0v) is 31.7. The third-order valence-corrected chi connectivity index (χ3v) is 11.5.